The molecule has 24 heavy (non-hydrogen) atoms. The lowest BCUT2D eigenvalue weighted by molar-refractivity contribution is 0.365. The molecule has 5 nitrogen and oxygen atoms in total. The average molecular weight is 335 g/mol. The number of nitrogens with zero attached hydrogens (tertiary/aromatic N) is 3. The maximum atomic E-state index is 13.8. The molecule has 0 aliphatic carbocycles. The van der Waals surface area contributed by atoms with E-state index in [0.29, 0.717) is 11.2 Å². The quantitative estimate of drug-likeness (QED) is 0.494. The van der Waals surface area contributed by atoms with Crippen LogP contribution in [0.15, 0.2) is 23.3 Å². The molecule has 0 radical (unpaired) electrons. The molecule has 1 saturated heterocycles. The Balaban J connectivity index is 1.78. The van der Waals surface area contributed by atoms with E-state index in [-0.39, 0.29) is 11.9 Å². The Morgan fingerprint density at radius 3 is 2.92 bits per heavy atom. The van der Waals surface area contributed by atoms with Crippen LogP contribution >= 0.6 is 0 Å². The Labute approximate surface area is 144 Å². The van der Waals surface area contributed by atoms with Crippen molar-refractivity contribution < 1.29 is 4.39 Å². The lowest BCUT2D eigenvalue weighted by Crippen LogP contribution is -2.45. The maximum absolute atomic E-state index is 13.8. The van der Waals surface area contributed by atoms with Crippen molar-refractivity contribution in [2.75, 3.05) is 31.6 Å². The van der Waals surface area contributed by atoms with E-state index >= 15 is 0 Å². The average Bonchev–Trinajstić information content (AvgIpc) is 2.98. The van der Waals surface area contributed by atoms with Gasteiger partial charge in [-0.3, -0.25) is 4.99 Å². The normalized spacial score (nSPS) is 18.8. The molecule has 2 N–H and O–H groups in total. The first kappa shape index (κ1) is 18.5. The van der Waals surface area contributed by atoms with Gasteiger partial charge in [0.05, 0.1) is 0 Å². The second-order valence-corrected chi connectivity index (χ2v) is 7.55. The van der Waals surface area contributed by atoms with Crippen molar-refractivity contribution in [3.8, 4) is 0 Å². The second-order valence-electron chi connectivity index (χ2n) is 7.55. The van der Waals surface area contributed by atoms with Crippen molar-refractivity contribution in [1.82, 2.24) is 15.6 Å². The lowest BCUT2D eigenvalue weighted by Gasteiger charge is -2.21. The van der Waals surface area contributed by atoms with Gasteiger partial charge in [-0.1, -0.05) is 20.8 Å². The molecule has 0 bridgehead atoms. The molecule has 0 saturated carbocycles. The van der Waals surface area contributed by atoms with Gasteiger partial charge < -0.3 is 15.5 Å². The first-order valence-corrected chi connectivity index (χ1v) is 8.72. The molecule has 1 atom stereocenters. The monoisotopic (exact) mass is 335 g/mol. The molecule has 1 aromatic heterocycles. The van der Waals surface area contributed by atoms with Crippen molar-refractivity contribution in [3.63, 3.8) is 0 Å². The number of anilines is 1. The fraction of sp³-hybridized carbons (Fsp3) is 0.667. The molecule has 1 aromatic rings. The Hall–Kier alpha value is -1.85. The number of aliphatic imine (C=N–C) groups is 1. The van der Waals surface area contributed by atoms with Crippen LogP contribution in [0.4, 0.5) is 10.2 Å². The highest BCUT2D eigenvalue weighted by Crippen LogP contribution is 2.21. The fourth-order valence-electron chi connectivity index (χ4n) is 2.89. The van der Waals surface area contributed by atoms with E-state index in [2.05, 4.69) is 41.4 Å². The summed E-state index contributed by atoms with van der Waals surface area (Å²) in [6.07, 6.45) is 4.86. The highest BCUT2D eigenvalue weighted by Gasteiger charge is 2.25. The van der Waals surface area contributed by atoms with Gasteiger partial charge >= 0.3 is 0 Å². The van der Waals surface area contributed by atoms with E-state index in [0.717, 1.165) is 38.4 Å². The Morgan fingerprint density at radius 1 is 1.46 bits per heavy atom. The molecule has 1 aliphatic heterocycles. The summed E-state index contributed by atoms with van der Waals surface area (Å²) in [6, 6.07) is 3.33. The zero-order chi connectivity index (χ0) is 17.6. The van der Waals surface area contributed by atoms with Crippen molar-refractivity contribution in [2.45, 2.75) is 46.1 Å². The van der Waals surface area contributed by atoms with E-state index in [1.54, 1.807) is 19.3 Å². The highest BCUT2D eigenvalue weighted by molar-refractivity contribution is 5.80. The number of aromatic nitrogens is 1. The van der Waals surface area contributed by atoms with Gasteiger partial charge in [0.15, 0.2) is 17.6 Å². The fourth-order valence-corrected chi connectivity index (χ4v) is 2.89. The second kappa shape index (κ2) is 8.31. The van der Waals surface area contributed by atoms with Gasteiger partial charge in [0.1, 0.15) is 0 Å². The number of nitrogens with one attached hydrogen (secondary N) is 2. The summed E-state index contributed by atoms with van der Waals surface area (Å²) >= 11 is 0. The summed E-state index contributed by atoms with van der Waals surface area (Å²) in [5.74, 6) is 0.995. The number of hydrogen-bond donors (Lipinski definition) is 2. The molecule has 1 fully saturated rings. The molecular formula is C18H30FN5. The molecular weight excluding hydrogens is 305 g/mol. The first-order chi connectivity index (χ1) is 11.4. The van der Waals surface area contributed by atoms with Crippen molar-refractivity contribution in [2.24, 2.45) is 10.4 Å². The third-order valence-corrected chi connectivity index (χ3v) is 4.19. The predicted octanol–water partition coefficient (Wildman–Crippen LogP) is 2.79. The van der Waals surface area contributed by atoms with Gasteiger partial charge in [0.25, 0.3) is 0 Å². The van der Waals surface area contributed by atoms with Gasteiger partial charge in [-0.15, -0.1) is 0 Å². The third kappa shape index (κ3) is 5.65. The van der Waals surface area contributed by atoms with Crippen LogP contribution in [0.1, 0.15) is 40.0 Å². The molecule has 0 spiro atoms. The Morgan fingerprint density at radius 2 is 2.25 bits per heavy atom. The van der Waals surface area contributed by atoms with Gasteiger partial charge in [-0.2, -0.15) is 0 Å². The van der Waals surface area contributed by atoms with Crippen LogP contribution in [0.5, 0.6) is 0 Å². The number of guanidine groups is 1. The topological polar surface area (TPSA) is 52.6 Å². The van der Waals surface area contributed by atoms with Gasteiger partial charge in [-0.25, -0.2) is 9.37 Å². The number of rotatable bonds is 5. The molecule has 2 heterocycles. The Kier molecular flexibility index (Phi) is 6.40. The standard InChI is InChI=1S/C18H30FN5/c1-18(2,3)9-6-11-22-17(20-4)23-14-8-12-24(13-14)16-15(19)7-5-10-21-16/h5,7,10,14H,6,8-9,11-13H2,1-4H3,(H2,20,22,23). The number of hydrogen-bond acceptors (Lipinski definition) is 3. The summed E-state index contributed by atoms with van der Waals surface area (Å²) in [6.45, 7) is 9.20. The first-order valence-electron chi connectivity index (χ1n) is 8.72. The van der Waals surface area contributed by atoms with Crippen LogP contribution in [0.2, 0.25) is 0 Å². The Bertz CT molecular complexity index is 553. The smallest absolute Gasteiger partial charge is 0.191 e. The molecule has 0 amide bonds. The predicted molar refractivity (Wildman–Crippen MR) is 98.0 cm³/mol. The zero-order valence-electron chi connectivity index (χ0n) is 15.3. The molecule has 0 aromatic carbocycles. The minimum atomic E-state index is -0.261. The maximum Gasteiger partial charge on any atom is 0.191 e. The van der Waals surface area contributed by atoms with E-state index in [1.165, 1.54) is 12.5 Å². The van der Waals surface area contributed by atoms with Crippen LogP contribution in [-0.2, 0) is 0 Å². The number of halogens is 1. The van der Waals surface area contributed by atoms with Crippen LogP contribution in [0.25, 0.3) is 0 Å². The zero-order valence-corrected chi connectivity index (χ0v) is 15.3. The number of pyridine rings is 1. The summed E-state index contributed by atoms with van der Waals surface area (Å²) < 4.78 is 13.8. The highest BCUT2D eigenvalue weighted by atomic mass is 19.1. The van der Waals surface area contributed by atoms with E-state index < -0.39 is 0 Å². The van der Waals surface area contributed by atoms with Crippen molar-refractivity contribution in [1.29, 1.82) is 0 Å². The summed E-state index contributed by atoms with van der Waals surface area (Å²) in [5.41, 5.74) is 0.358. The summed E-state index contributed by atoms with van der Waals surface area (Å²) in [4.78, 5) is 10.4. The van der Waals surface area contributed by atoms with Crippen LogP contribution in [0, 0.1) is 11.2 Å². The van der Waals surface area contributed by atoms with Gasteiger partial charge in [0.2, 0.25) is 0 Å². The third-order valence-electron chi connectivity index (χ3n) is 4.19. The van der Waals surface area contributed by atoms with E-state index in [4.69, 9.17) is 0 Å². The SMILES string of the molecule is CN=C(NCCCC(C)(C)C)NC1CCN(c2ncccc2F)C1. The van der Waals surface area contributed by atoms with Crippen LogP contribution in [0.3, 0.4) is 0 Å². The van der Waals surface area contributed by atoms with Gasteiger partial charge in [0, 0.05) is 38.9 Å². The van der Waals surface area contributed by atoms with Crippen LogP contribution in [-0.4, -0.2) is 43.7 Å². The van der Waals surface area contributed by atoms with Gasteiger partial charge in [-0.05, 0) is 36.8 Å². The van der Waals surface area contributed by atoms with E-state index in [1.807, 2.05) is 4.90 Å². The van der Waals surface area contributed by atoms with Crippen molar-refractivity contribution >= 4 is 11.8 Å². The molecule has 6 heteroatoms. The largest absolute Gasteiger partial charge is 0.356 e. The minimum Gasteiger partial charge on any atom is -0.356 e. The minimum absolute atomic E-state index is 0.250. The molecule has 1 aliphatic rings. The molecule has 2 rings (SSSR count). The van der Waals surface area contributed by atoms with Crippen molar-refractivity contribution in [3.05, 3.63) is 24.1 Å². The van der Waals surface area contributed by atoms with Crippen LogP contribution < -0.4 is 15.5 Å². The summed E-state index contributed by atoms with van der Waals surface area (Å²) in [7, 11) is 1.78. The molecule has 134 valence electrons. The molecule has 1 unspecified atom stereocenters. The summed E-state index contributed by atoms with van der Waals surface area (Å²) in [5, 5.41) is 6.80. The van der Waals surface area contributed by atoms with E-state index in [9.17, 15) is 4.39 Å². The lowest BCUT2D eigenvalue weighted by atomic mass is 9.91.